The molecule has 1 aromatic carbocycles. The van der Waals surface area contributed by atoms with Crippen LogP contribution in [0.25, 0.3) is 6.08 Å². The van der Waals surface area contributed by atoms with Crippen LogP contribution in [-0.2, 0) is 0 Å². The summed E-state index contributed by atoms with van der Waals surface area (Å²) in [4.78, 5) is 2.28. The molecule has 0 fully saturated rings. The van der Waals surface area contributed by atoms with Crippen molar-refractivity contribution in [1.82, 2.24) is 4.90 Å². The number of hydrogen-bond acceptors (Lipinski definition) is 2. The van der Waals surface area contributed by atoms with Crippen molar-refractivity contribution in [3.05, 3.63) is 36.4 Å². The molecule has 0 atom stereocenters. The van der Waals surface area contributed by atoms with Gasteiger partial charge in [-0.2, -0.15) is 0 Å². The lowest BCUT2D eigenvalue weighted by atomic mass is 10.2. The van der Waals surface area contributed by atoms with E-state index in [1.807, 2.05) is 30.3 Å². The third-order valence-corrected chi connectivity index (χ3v) is 2.59. The van der Waals surface area contributed by atoms with Gasteiger partial charge in [-0.05, 0) is 37.7 Å². The second-order valence-corrected chi connectivity index (χ2v) is 3.87. The molecule has 0 spiro atoms. The highest BCUT2D eigenvalue weighted by molar-refractivity contribution is 5.49. The van der Waals surface area contributed by atoms with Crippen LogP contribution in [0.1, 0.15) is 18.9 Å². The summed E-state index contributed by atoms with van der Waals surface area (Å²) in [6.07, 6.45) is 2.89. The molecule has 0 unspecified atom stereocenters. The van der Waals surface area contributed by atoms with Gasteiger partial charge in [0.05, 0.1) is 6.61 Å². The Kier molecular flexibility index (Phi) is 5.65. The van der Waals surface area contributed by atoms with E-state index in [0.717, 1.165) is 37.4 Å². The highest BCUT2D eigenvalue weighted by Gasteiger charge is 1.96. The average molecular weight is 219 g/mol. The van der Waals surface area contributed by atoms with Gasteiger partial charge in [0.1, 0.15) is 5.75 Å². The van der Waals surface area contributed by atoms with E-state index in [1.165, 1.54) is 0 Å². The van der Waals surface area contributed by atoms with Gasteiger partial charge in [0.2, 0.25) is 0 Å². The fraction of sp³-hybridized carbons (Fsp3) is 0.429. The lowest BCUT2D eigenvalue weighted by molar-refractivity contribution is 0.268. The van der Waals surface area contributed by atoms with Crippen molar-refractivity contribution in [2.24, 2.45) is 0 Å². The quantitative estimate of drug-likeness (QED) is 0.653. The normalized spacial score (nSPS) is 10.4. The zero-order valence-electron chi connectivity index (χ0n) is 10.3. The van der Waals surface area contributed by atoms with Crippen LogP contribution in [0.4, 0.5) is 0 Å². The predicted molar refractivity (Wildman–Crippen MR) is 69.8 cm³/mol. The molecule has 0 aliphatic heterocycles. The Hall–Kier alpha value is -1.28. The number of benzene rings is 1. The first-order valence-electron chi connectivity index (χ1n) is 5.80. The van der Waals surface area contributed by atoms with Crippen LogP contribution in [0.5, 0.6) is 5.75 Å². The van der Waals surface area contributed by atoms with Crippen molar-refractivity contribution in [2.45, 2.75) is 13.3 Å². The number of rotatable bonds is 7. The monoisotopic (exact) mass is 219 g/mol. The number of nitrogens with zero attached hydrogens (tertiary/aromatic N) is 1. The summed E-state index contributed by atoms with van der Waals surface area (Å²) < 4.78 is 5.67. The van der Waals surface area contributed by atoms with Gasteiger partial charge in [-0.15, -0.1) is 0 Å². The van der Waals surface area contributed by atoms with E-state index < -0.39 is 0 Å². The zero-order valence-corrected chi connectivity index (χ0v) is 10.3. The Morgan fingerprint density at radius 1 is 1.44 bits per heavy atom. The van der Waals surface area contributed by atoms with Crippen LogP contribution >= 0.6 is 0 Å². The summed E-state index contributed by atoms with van der Waals surface area (Å²) in [5, 5.41) is 0. The summed E-state index contributed by atoms with van der Waals surface area (Å²) >= 11 is 0. The van der Waals surface area contributed by atoms with Gasteiger partial charge >= 0.3 is 0 Å². The maximum atomic E-state index is 5.67. The predicted octanol–water partition coefficient (Wildman–Crippen LogP) is 3.05. The lowest BCUT2D eigenvalue weighted by Crippen LogP contribution is -2.20. The lowest BCUT2D eigenvalue weighted by Gasteiger charge is -2.13. The molecule has 0 saturated carbocycles. The molecule has 0 bridgehead atoms. The zero-order chi connectivity index (χ0) is 11.8. The Labute approximate surface area is 98.5 Å². The van der Waals surface area contributed by atoms with Gasteiger partial charge in [-0.3, -0.25) is 0 Å². The molecule has 2 heteroatoms. The van der Waals surface area contributed by atoms with Crippen LogP contribution in [0.3, 0.4) is 0 Å². The van der Waals surface area contributed by atoms with E-state index in [2.05, 4.69) is 25.5 Å². The van der Waals surface area contributed by atoms with Crippen LogP contribution in [0.15, 0.2) is 30.8 Å². The molecule has 0 aromatic heterocycles. The van der Waals surface area contributed by atoms with Crippen molar-refractivity contribution in [3.8, 4) is 5.75 Å². The SMILES string of the molecule is C=Cc1cccc(OCCCN(C)CC)c1. The molecule has 2 nitrogen and oxygen atoms in total. The number of hydrogen-bond donors (Lipinski definition) is 0. The molecular formula is C14H21NO. The Morgan fingerprint density at radius 3 is 2.94 bits per heavy atom. The van der Waals surface area contributed by atoms with Crippen LogP contribution < -0.4 is 4.74 Å². The Morgan fingerprint density at radius 2 is 2.25 bits per heavy atom. The van der Waals surface area contributed by atoms with Crippen molar-refractivity contribution in [3.63, 3.8) is 0 Å². The largest absolute Gasteiger partial charge is 0.494 e. The average Bonchev–Trinajstić information content (AvgIpc) is 2.34. The minimum Gasteiger partial charge on any atom is -0.494 e. The first-order chi connectivity index (χ1) is 7.76. The fourth-order valence-corrected chi connectivity index (χ4v) is 1.41. The first-order valence-corrected chi connectivity index (χ1v) is 5.80. The molecule has 0 heterocycles. The van der Waals surface area contributed by atoms with Crippen LogP contribution in [0, 0.1) is 0 Å². The molecule has 0 aliphatic rings. The molecule has 0 aliphatic carbocycles. The van der Waals surface area contributed by atoms with Gasteiger partial charge < -0.3 is 9.64 Å². The van der Waals surface area contributed by atoms with E-state index in [4.69, 9.17) is 4.74 Å². The molecule has 88 valence electrons. The van der Waals surface area contributed by atoms with Crippen LogP contribution in [0.2, 0.25) is 0 Å². The van der Waals surface area contributed by atoms with Gasteiger partial charge in [-0.1, -0.05) is 31.7 Å². The third kappa shape index (κ3) is 4.49. The summed E-state index contributed by atoms with van der Waals surface area (Å²) in [5.74, 6) is 0.927. The minimum absolute atomic E-state index is 0.769. The van der Waals surface area contributed by atoms with Crippen LogP contribution in [-0.4, -0.2) is 31.6 Å². The third-order valence-electron chi connectivity index (χ3n) is 2.59. The first kappa shape index (κ1) is 12.8. The molecule has 0 saturated heterocycles. The van der Waals surface area contributed by atoms with Crippen molar-refractivity contribution >= 4 is 6.08 Å². The van der Waals surface area contributed by atoms with E-state index in [9.17, 15) is 0 Å². The summed E-state index contributed by atoms with van der Waals surface area (Å²) in [7, 11) is 2.12. The topological polar surface area (TPSA) is 12.5 Å². The molecule has 1 rings (SSSR count). The smallest absolute Gasteiger partial charge is 0.119 e. The van der Waals surface area contributed by atoms with E-state index in [-0.39, 0.29) is 0 Å². The molecule has 0 amide bonds. The van der Waals surface area contributed by atoms with Crippen molar-refractivity contribution in [1.29, 1.82) is 0 Å². The van der Waals surface area contributed by atoms with Gasteiger partial charge in [-0.25, -0.2) is 0 Å². The van der Waals surface area contributed by atoms with Gasteiger partial charge in [0, 0.05) is 6.54 Å². The number of ether oxygens (including phenoxy) is 1. The molecular weight excluding hydrogens is 198 g/mol. The summed E-state index contributed by atoms with van der Waals surface area (Å²) in [6.45, 7) is 8.84. The van der Waals surface area contributed by atoms with E-state index in [0.29, 0.717) is 0 Å². The highest BCUT2D eigenvalue weighted by atomic mass is 16.5. The maximum Gasteiger partial charge on any atom is 0.119 e. The summed E-state index contributed by atoms with van der Waals surface area (Å²) in [6, 6.07) is 8.00. The fourth-order valence-electron chi connectivity index (χ4n) is 1.41. The molecule has 1 aromatic rings. The molecule has 0 radical (unpaired) electrons. The second kappa shape index (κ2) is 7.07. The summed E-state index contributed by atoms with van der Waals surface area (Å²) in [5.41, 5.74) is 1.10. The minimum atomic E-state index is 0.769. The van der Waals surface area contributed by atoms with Gasteiger partial charge in [0.15, 0.2) is 0 Å². The Balaban J connectivity index is 2.28. The molecule has 16 heavy (non-hydrogen) atoms. The van der Waals surface area contributed by atoms with Gasteiger partial charge in [0.25, 0.3) is 0 Å². The van der Waals surface area contributed by atoms with E-state index in [1.54, 1.807) is 0 Å². The van der Waals surface area contributed by atoms with Crippen molar-refractivity contribution < 1.29 is 4.74 Å². The standard InChI is InChI=1S/C14H21NO/c1-4-13-8-6-9-14(12-13)16-11-7-10-15(3)5-2/h4,6,8-9,12H,1,5,7,10-11H2,2-3H3. The van der Waals surface area contributed by atoms with Crippen molar-refractivity contribution in [2.75, 3.05) is 26.7 Å². The second-order valence-electron chi connectivity index (χ2n) is 3.87. The maximum absolute atomic E-state index is 5.67. The molecule has 0 N–H and O–H groups in total. The Bertz CT molecular complexity index is 322. The van der Waals surface area contributed by atoms with E-state index >= 15 is 0 Å². The highest BCUT2D eigenvalue weighted by Crippen LogP contribution is 2.14.